The fraction of sp³-hybridized carbons (Fsp3) is 0.500. The molecule has 1 aromatic rings. The van der Waals surface area contributed by atoms with Gasteiger partial charge < -0.3 is 10.2 Å². The van der Waals surface area contributed by atoms with Gasteiger partial charge in [0.25, 0.3) is 0 Å². The Morgan fingerprint density at radius 3 is 2.48 bits per heavy atom. The van der Waals surface area contributed by atoms with E-state index in [0.717, 1.165) is 0 Å². The number of nitrogens with zero attached hydrogens (tertiary/aromatic N) is 2. The van der Waals surface area contributed by atoms with Gasteiger partial charge >= 0.3 is 6.18 Å². The van der Waals surface area contributed by atoms with E-state index in [-0.39, 0.29) is 29.1 Å². The second kappa shape index (κ2) is 6.43. The van der Waals surface area contributed by atoms with Crippen LogP contribution in [0, 0.1) is 12.8 Å². The van der Waals surface area contributed by atoms with Gasteiger partial charge in [0.1, 0.15) is 5.69 Å². The Balaban J connectivity index is 1.97. The zero-order chi connectivity index (χ0) is 17.2. The number of aromatic amines is 1. The molecule has 0 spiro atoms. The van der Waals surface area contributed by atoms with E-state index in [2.05, 4.69) is 17.0 Å². The number of carbonyl (C=O) groups excluding carboxylic acids is 2. The Labute approximate surface area is 130 Å². The first-order valence-corrected chi connectivity index (χ1v) is 7.08. The summed E-state index contributed by atoms with van der Waals surface area (Å²) in [6.45, 7) is 5.47. The maximum absolute atomic E-state index is 12.7. The fourth-order valence-corrected chi connectivity index (χ4v) is 2.51. The van der Waals surface area contributed by atoms with Crippen molar-refractivity contribution in [2.75, 3.05) is 18.4 Å². The smallest absolute Gasteiger partial charge is 0.339 e. The molecule has 1 aliphatic rings. The van der Waals surface area contributed by atoms with Crippen LogP contribution >= 0.6 is 0 Å². The Morgan fingerprint density at radius 1 is 1.39 bits per heavy atom. The molecule has 0 aliphatic carbocycles. The lowest BCUT2D eigenvalue weighted by Crippen LogP contribution is -2.40. The van der Waals surface area contributed by atoms with Gasteiger partial charge in [-0.2, -0.15) is 18.3 Å². The summed E-state index contributed by atoms with van der Waals surface area (Å²) in [5.41, 5.74) is -1.12. The number of hydrogen-bond donors (Lipinski definition) is 2. The Hall–Kier alpha value is -2.32. The quantitative estimate of drug-likeness (QED) is 0.833. The average molecular weight is 330 g/mol. The van der Waals surface area contributed by atoms with E-state index < -0.39 is 11.9 Å². The molecule has 2 N–H and O–H groups in total. The number of rotatable bonds is 3. The standard InChI is InChI=1S/C14H17F3N4O2/c1-3-10(22)21-6-4-9(5-7-21)13(23)18-12-8(2)11(19-20-12)14(15,16)17/h3,9H,1,4-7H2,2H3,(H2,18,19,20,23). The van der Waals surface area contributed by atoms with Crippen LogP contribution in [0.5, 0.6) is 0 Å². The summed E-state index contributed by atoms with van der Waals surface area (Å²) in [5.74, 6) is -1.07. The molecule has 0 atom stereocenters. The van der Waals surface area contributed by atoms with Gasteiger partial charge in [-0.3, -0.25) is 14.7 Å². The molecule has 0 radical (unpaired) electrons. The van der Waals surface area contributed by atoms with Crippen LogP contribution in [-0.2, 0) is 15.8 Å². The second-order valence-corrected chi connectivity index (χ2v) is 5.36. The van der Waals surface area contributed by atoms with Crippen LogP contribution in [0.4, 0.5) is 19.0 Å². The third-order valence-corrected chi connectivity index (χ3v) is 3.89. The molecule has 0 aromatic carbocycles. The van der Waals surface area contributed by atoms with Crippen molar-refractivity contribution in [2.24, 2.45) is 5.92 Å². The first-order valence-electron chi connectivity index (χ1n) is 7.08. The highest BCUT2D eigenvalue weighted by atomic mass is 19.4. The number of amides is 2. The molecule has 2 rings (SSSR count). The van der Waals surface area contributed by atoms with Gasteiger partial charge in [-0.05, 0) is 25.8 Å². The van der Waals surface area contributed by atoms with Crippen LogP contribution in [0.25, 0.3) is 0 Å². The van der Waals surface area contributed by atoms with Crippen LogP contribution in [0.1, 0.15) is 24.1 Å². The molecule has 0 unspecified atom stereocenters. The zero-order valence-electron chi connectivity index (χ0n) is 12.5. The number of carbonyl (C=O) groups is 2. The molecule has 2 heterocycles. The monoisotopic (exact) mass is 330 g/mol. The summed E-state index contributed by atoms with van der Waals surface area (Å²) in [4.78, 5) is 25.2. The topological polar surface area (TPSA) is 78.1 Å². The number of H-pyrrole nitrogens is 1. The number of piperidine rings is 1. The van der Waals surface area contributed by atoms with E-state index in [1.165, 1.54) is 13.0 Å². The van der Waals surface area contributed by atoms with E-state index in [1.54, 1.807) is 4.90 Å². The maximum Gasteiger partial charge on any atom is 0.433 e. The Kier molecular flexibility index (Phi) is 4.76. The van der Waals surface area contributed by atoms with E-state index >= 15 is 0 Å². The van der Waals surface area contributed by atoms with Crippen molar-refractivity contribution in [1.82, 2.24) is 15.1 Å². The lowest BCUT2D eigenvalue weighted by atomic mass is 9.96. The van der Waals surface area contributed by atoms with E-state index in [4.69, 9.17) is 0 Å². The van der Waals surface area contributed by atoms with Gasteiger partial charge in [0, 0.05) is 24.6 Å². The number of halogens is 3. The number of nitrogens with one attached hydrogen (secondary N) is 2. The third-order valence-electron chi connectivity index (χ3n) is 3.89. The first-order chi connectivity index (χ1) is 10.7. The predicted octanol–water partition coefficient (Wildman–Crippen LogP) is 2.10. The largest absolute Gasteiger partial charge is 0.433 e. The highest BCUT2D eigenvalue weighted by Crippen LogP contribution is 2.32. The number of alkyl halides is 3. The summed E-state index contributed by atoms with van der Waals surface area (Å²) in [6.07, 6.45) is -2.44. The molecule has 9 heteroatoms. The van der Waals surface area contributed by atoms with Crippen LogP contribution in [0.15, 0.2) is 12.7 Å². The number of likely N-dealkylation sites (tertiary alicyclic amines) is 1. The van der Waals surface area contributed by atoms with Gasteiger partial charge in [0.05, 0.1) is 0 Å². The molecular formula is C14H17F3N4O2. The Bertz CT molecular complexity index is 616. The molecule has 0 bridgehead atoms. The molecule has 2 amide bonds. The predicted molar refractivity (Wildman–Crippen MR) is 76.5 cm³/mol. The van der Waals surface area contributed by atoms with Crippen molar-refractivity contribution in [3.05, 3.63) is 23.9 Å². The summed E-state index contributed by atoms with van der Waals surface area (Å²) >= 11 is 0. The van der Waals surface area contributed by atoms with Crippen LogP contribution in [-0.4, -0.2) is 40.0 Å². The van der Waals surface area contributed by atoms with Gasteiger partial charge in [0.2, 0.25) is 11.8 Å². The average Bonchev–Trinajstić information content (AvgIpc) is 2.87. The molecule has 1 saturated heterocycles. The van der Waals surface area contributed by atoms with Crippen molar-refractivity contribution >= 4 is 17.6 Å². The summed E-state index contributed by atoms with van der Waals surface area (Å²) in [7, 11) is 0. The molecule has 1 fully saturated rings. The minimum atomic E-state index is -4.55. The molecule has 1 aliphatic heterocycles. The van der Waals surface area contributed by atoms with Crippen molar-refractivity contribution in [3.8, 4) is 0 Å². The van der Waals surface area contributed by atoms with E-state index in [0.29, 0.717) is 25.9 Å². The molecular weight excluding hydrogens is 313 g/mol. The van der Waals surface area contributed by atoms with E-state index in [9.17, 15) is 22.8 Å². The van der Waals surface area contributed by atoms with Crippen molar-refractivity contribution in [2.45, 2.75) is 25.9 Å². The molecule has 23 heavy (non-hydrogen) atoms. The number of anilines is 1. The van der Waals surface area contributed by atoms with Crippen LogP contribution in [0.3, 0.4) is 0 Å². The van der Waals surface area contributed by atoms with Gasteiger partial charge in [-0.15, -0.1) is 0 Å². The fourth-order valence-electron chi connectivity index (χ4n) is 2.51. The number of hydrogen-bond acceptors (Lipinski definition) is 3. The molecule has 0 saturated carbocycles. The minimum Gasteiger partial charge on any atom is -0.339 e. The van der Waals surface area contributed by atoms with Gasteiger partial charge in [-0.1, -0.05) is 6.58 Å². The van der Waals surface area contributed by atoms with Crippen molar-refractivity contribution in [3.63, 3.8) is 0 Å². The molecule has 1 aromatic heterocycles. The normalized spacial score (nSPS) is 16.3. The lowest BCUT2D eigenvalue weighted by molar-refractivity contribution is -0.141. The first kappa shape index (κ1) is 17.0. The van der Waals surface area contributed by atoms with Crippen LogP contribution in [0.2, 0.25) is 0 Å². The van der Waals surface area contributed by atoms with Gasteiger partial charge in [-0.25, -0.2) is 0 Å². The third kappa shape index (κ3) is 3.72. The summed E-state index contributed by atoms with van der Waals surface area (Å²) in [5, 5.41) is 7.84. The van der Waals surface area contributed by atoms with Crippen molar-refractivity contribution in [1.29, 1.82) is 0 Å². The lowest BCUT2D eigenvalue weighted by Gasteiger charge is -2.30. The molecule has 6 nitrogen and oxygen atoms in total. The SMILES string of the molecule is C=CC(=O)N1CCC(C(=O)Nc2n[nH]c(C(F)(F)F)c2C)CC1. The van der Waals surface area contributed by atoms with Crippen LogP contribution < -0.4 is 5.32 Å². The highest BCUT2D eigenvalue weighted by molar-refractivity contribution is 5.93. The highest BCUT2D eigenvalue weighted by Gasteiger charge is 2.36. The van der Waals surface area contributed by atoms with E-state index in [1.807, 2.05) is 5.10 Å². The Morgan fingerprint density at radius 2 is 2.00 bits per heavy atom. The second-order valence-electron chi connectivity index (χ2n) is 5.36. The summed E-state index contributed by atoms with van der Waals surface area (Å²) in [6, 6.07) is 0. The summed E-state index contributed by atoms with van der Waals surface area (Å²) < 4.78 is 38.0. The van der Waals surface area contributed by atoms with Gasteiger partial charge in [0.15, 0.2) is 5.82 Å². The maximum atomic E-state index is 12.7. The number of aromatic nitrogens is 2. The minimum absolute atomic E-state index is 0.119. The van der Waals surface area contributed by atoms with Crippen molar-refractivity contribution < 1.29 is 22.8 Å². The zero-order valence-corrected chi connectivity index (χ0v) is 12.5. The molecule has 126 valence electrons.